The Hall–Kier alpha value is -2.95. The molecule has 3 aliphatic rings. The van der Waals surface area contributed by atoms with Gasteiger partial charge in [0, 0.05) is 18.2 Å². The summed E-state index contributed by atoms with van der Waals surface area (Å²) in [5.41, 5.74) is 0.503. The van der Waals surface area contributed by atoms with Gasteiger partial charge in [0.2, 0.25) is 11.8 Å². The Morgan fingerprint density at radius 2 is 1.59 bits per heavy atom. The predicted octanol–water partition coefficient (Wildman–Crippen LogP) is 3.52. The van der Waals surface area contributed by atoms with Crippen LogP contribution in [0.5, 0.6) is 0 Å². The second kappa shape index (κ2) is 14.9. The maximum atomic E-state index is 14.5. The normalized spacial score (nSPS) is 23.0. The van der Waals surface area contributed by atoms with Crippen molar-refractivity contribution in [3.05, 3.63) is 48.0 Å². The van der Waals surface area contributed by atoms with Crippen molar-refractivity contribution < 1.29 is 24.4 Å². The monoisotopic (exact) mass is 604 g/mol. The molecule has 4 atom stereocenters. The molecule has 9 nitrogen and oxygen atoms in total. The minimum atomic E-state index is -1.71. The van der Waals surface area contributed by atoms with E-state index in [1.807, 2.05) is 50.2 Å². The van der Waals surface area contributed by atoms with Crippen LogP contribution >= 0.6 is 0 Å². The summed E-state index contributed by atoms with van der Waals surface area (Å²) in [7, 11) is -1.71. The van der Waals surface area contributed by atoms with E-state index in [-0.39, 0.29) is 29.7 Å². The number of piperidine rings is 1. The lowest BCUT2D eigenvalue weighted by Gasteiger charge is -2.33. The third kappa shape index (κ3) is 7.82. The van der Waals surface area contributed by atoms with E-state index < -0.39 is 25.1 Å². The third-order valence-electron chi connectivity index (χ3n) is 10.0. The van der Waals surface area contributed by atoms with Crippen LogP contribution < -0.4 is 10.6 Å². The zero-order chi connectivity index (χ0) is 31.2. The first-order valence-corrected chi connectivity index (χ1v) is 16.7. The minimum absolute atomic E-state index is 0.0399. The number of carbonyl (C=O) groups excluding carboxylic acids is 3. The molecule has 3 fully saturated rings. The van der Waals surface area contributed by atoms with E-state index in [1.165, 1.54) is 12.8 Å². The Kier molecular flexibility index (Phi) is 11.0. The molecule has 0 bridgehead atoms. The van der Waals surface area contributed by atoms with Gasteiger partial charge in [-0.25, -0.2) is 0 Å². The first kappa shape index (κ1) is 32.4. The van der Waals surface area contributed by atoms with Crippen LogP contribution in [-0.2, 0) is 9.59 Å². The number of hydrogen-bond donors (Lipinski definition) is 4. The van der Waals surface area contributed by atoms with Crippen LogP contribution in [0, 0.1) is 11.8 Å². The Balaban J connectivity index is 1.40. The van der Waals surface area contributed by atoms with Crippen molar-refractivity contribution >= 4 is 35.6 Å². The van der Waals surface area contributed by atoms with Crippen molar-refractivity contribution in [1.29, 1.82) is 0 Å². The molecule has 0 aromatic heterocycles. The summed E-state index contributed by atoms with van der Waals surface area (Å²) in [6.45, 7) is 5.93. The van der Waals surface area contributed by atoms with Gasteiger partial charge in [-0.1, -0.05) is 82.7 Å². The lowest BCUT2D eigenvalue weighted by Crippen LogP contribution is -2.57. The molecule has 10 heteroatoms. The number of carbonyl (C=O) groups is 3. The van der Waals surface area contributed by atoms with E-state index in [0.717, 1.165) is 62.4 Å². The van der Waals surface area contributed by atoms with Gasteiger partial charge in [-0.3, -0.25) is 19.3 Å². The molecular weight excluding hydrogens is 555 g/mol. The standard InChI is InChI=1S/C34H49BN4O5/c1-23(2)31(35(43)44)37-33(41)30-21-28(38-17-9-4-10-18-38)22-39(30)34(42)29(19-24-11-5-3-6-12-24)36-32(40)27-16-15-25-13-7-8-14-26(25)20-27/h7-8,13-16,20,23-24,28-31,43-44H,3-6,9-12,17-19,21-22H2,1-2H3,(H,36,40)(H,37,41)/t28-,29-,30+,31+/m1/s1. The summed E-state index contributed by atoms with van der Waals surface area (Å²) in [5, 5.41) is 27.8. The van der Waals surface area contributed by atoms with Crippen molar-refractivity contribution in [2.75, 3.05) is 19.6 Å². The van der Waals surface area contributed by atoms with Gasteiger partial charge in [0.25, 0.3) is 5.91 Å². The molecule has 44 heavy (non-hydrogen) atoms. The molecular formula is C34H49BN4O5. The molecule has 5 rings (SSSR count). The van der Waals surface area contributed by atoms with Crippen LogP contribution in [0.15, 0.2) is 42.5 Å². The van der Waals surface area contributed by atoms with Crippen LogP contribution in [0.1, 0.15) is 88.4 Å². The van der Waals surface area contributed by atoms with Gasteiger partial charge in [0.15, 0.2) is 0 Å². The van der Waals surface area contributed by atoms with Crippen LogP contribution in [0.2, 0.25) is 0 Å². The smallest absolute Gasteiger partial charge is 0.426 e. The van der Waals surface area contributed by atoms with Crippen molar-refractivity contribution in [3.8, 4) is 0 Å². The van der Waals surface area contributed by atoms with Crippen molar-refractivity contribution in [2.45, 2.75) is 102 Å². The molecule has 1 saturated carbocycles. The second-order valence-electron chi connectivity index (χ2n) is 13.5. The van der Waals surface area contributed by atoms with Crippen molar-refractivity contribution in [2.24, 2.45) is 11.8 Å². The number of amides is 3. The number of nitrogens with one attached hydrogen (secondary N) is 2. The molecule has 2 saturated heterocycles. The number of hydrogen-bond acceptors (Lipinski definition) is 6. The van der Waals surface area contributed by atoms with E-state index in [4.69, 9.17) is 0 Å². The number of nitrogens with zero attached hydrogens (tertiary/aromatic N) is 2. The number of benzene rings is 2. The highest BCUT2D eigenvalue weighted by atomic mass is 16.4. The van der Waals surface area contributed by atoms with Crippen LogP contribution in [-0.4, -0.2) is 88.4 Å². The minimum Gasteiger partial charge on any atom is -0.426 e. The van der Waals surface area contributed by atoms with Crippen molar-refractivity contribution in [3.63, 3.8) is 0 Å². The van der Waals surface area contributed by atoms with Crippen LogP contribution in [0.4, 0.5) is 0 Å². The van der Waals surface area contributed by atoms with E-state index in [9.17, 15) is 24.4 Å². The van der Waals surface area contributed by atoms with Gasteiger partial charge in [0.05, 0.1) is 5.94 Å². The summed E-state index contributed by atoms with van der Waals surface area (Å²) in [6, 6.07) is 12.0. The average Bonchev–Trinajstić information content (AvgIpc) is 3.49. The summed E-state index contributed by atoms with van der Waals surface area (Å²) in [4.78, 5) is 46.0. The van der Waals surface area contributed by atoms with E-state index in [2.05, 4.69) is 15.5 Å². The molecule has 2 aromatic rings. The Labute approximate surface area is 261 Å². The fraction of sp³-hybridized carbons (Fsp3) is 0.618. The van der Waals surface area contributed by atoms with Gasteiger partial charge in [-0.05, 0) is 73.5 Å². The van der Waals surface area contributed by atoms with E-state index in [0.29, 0.717) is 30.9 Å². The lowest BCUT2D eigenvalue weighted by atomic mass is 9.73. The maximum absolute atomic E-state index is 14.5. The first-order valence-electron chi connectivity index (χ1n) is 16.7. The summed E-state index contributed by atoms with van der Waals surface area (Å²) >= 11 is 0. The van der Waals surface area contributed by atoms with Gasteiger partial charge < -0.3 is 25.6 Å². The number of likely N-dealkylation sites (tertiary alicyclic amines) is 2. The molecule has 0 spiro atoms. The molecule has 0 radical (unpaired) electrons. The largest absolute Gasteiger partial charge is 0.475 e. The quantitative estimate of drug-likeness (QED) is 0.308. The van der Waals surface area contributed by atoms with Gasteiger partial charge in [-0.15, -0.1) is 0 Å². The number of fused-ring (bicyclic) bond motifs is 1. The first-order chi connectivity index (χ1) is 21.2. The highest BCUT2D eigenvalue weighted by Gasteiger charge is 2.45. The summed E-state index contributed by atoms with van der Waals surface area (Å²) in [6.07, 6.45) is 9.90. The highest BCUT2D eigenvalue weighted by Crippen LogP contribution is 2.31. The summed E-state index contributed by atoms with van der Waals surface area (Å²) in [5.74, 6) is -1.61. The summed E-state index contributed by atoms with van der Waals surface area (Å²) < 4.78 is 0. The van der Waals surface area contributed by atoms with Crippen LogP contribution in [0.3, 0.4) is 0 Å². The molecule has 1 aliphatic carbocycles. The van der Waals surface area contributed by atoms with E-state index in [1.54, 1.807) is 11.0 Å². The van der Waals surface area contributed by atoms with Crippen LogP contribution in [0.25, 0.3) is 10.8 Å². The van der Waals surface area contributed by atoms with E-state index >= 15 is 0 Å². The SMILES string of the molecule is CC(C)[C@H](NC(=O)[C@@H]1C[C@@H](N2CCCCC2)CN1C(=O)[C@@H](CC1CCCCC1)NC(=O)c1ccc2ccccc2c1)B(O)O. The fourth-order valence-corrected chi connectivity index (χ4v) is 7.45. The zero-order valence-electron chi connectivity index (χ0n) is 26.3. The molecule has 3 amide bonds. The third-order valence-corrected chi connectivity index (χ3v) is 10.0. The Bertz CT molecular complexity index is 1290. The second-order valence-corrected chi connectivity index (χ2v) is 13.5. The van der Waals surface area contributed by atoms with Crippen molar-refractivity contribution in [1.82, 2.24) is 20.4 Å². The molecule has 0 unspecified atom stereocenters. The van der Waals surface area contributed by atoms with Gasteiger partial charge >= 0.3 is 7.12 Å². The highest BCUT2D eigenvalue weighted by molar-refractivity contribution is 6.43. The molecule has 238 valence electrons. The number of rotatable bonds is 10. The van der Waals surface area contributed by atoms with Gasteiger partial charge in [0.1, 0.15) is 12.1 Å². The van der Waals surface area contributed by atoms with Gasteiger partial charge in [-0.2, -0.15) is 0 Å². The topological polar surface area (TPSA) is 122 Å². The Morgan fingerprint density at radius 1 is 0.909 bits per heavy atom. The lowest BCUT2D eigenvalue weighted by molar-refractivity contribution is -0.140. The average molecular weight is 605 g/mol. The predicted molar refractivity (Wildman–Crippen MR) is 173 cm³/mol. The Morgan fingerprint density at radius 3 is 2.27 bits per heavy atom. The molecule has 4 N–H and O–H groups in total. The molecule has 2 aliphatic heterocycles. The zero-order valence-corrected chi connectivity index (χ0v) is 26.3. The molecule has 2 heterocycles. The molecule has 2 aromatic carbocycles. The fourth-order valence-electron chi connectivity index (χ4n) is 7.45. The maximum Gasteiger partial charge on any atom is 0.475 e.